The number of hydrogen-bond donors (Lipinski definition) is 1. The molecule has 7 heteroatoms. The first-order valence-electron chi connectivity index (χ1n) is 10.5. The predicted molar refractivity (Wildman–Crippen MR) is 130 cm³/mol. The van der Waals surface area contributed by atoms with E-state index in [9.17, 15) is 14.4 Å². The molecule has 2 aromatic heterocycles. The molecule has 164 valence electrons. The lowest BCUT2D eigenvalue weighted by Crippen LogP contribution is -2.40. The maximum Gasteiger partial charge on any atom is 0.336 e. The molecule has 4 rings (SSSR count). The van der Waals surface area contributed by atoms with Crippen molar-refractivity contribution in [3.63, 3.8) is 0 Å². The molecule has 0 saturated carbocycles. The molecule has 0 spiro atoms. The number of nitrogens with one attached hydrogen (secondary N) is 1. The second-order valence-corrected chi connectivity index (χ2v) is 9.18. The molecule has 0 saturated heterocycles. The summed E-state index contributed by atoms with van der Waals surface area (Å²) in [6.07, 6.45) is 0. The Morgan fingerprint density at radius 1 is 1.06 bits per heavy atom. The normalized spacial score (nSPS) is 11.3. The van der Waals surface area contributed by atoms with E-state index in [1.807, 2.05) is 50.2 Å². The summed E-state index contributed by atoms with van der Waals surface area (Å²) >= 11 is 1.27. The third-order valence-electron chi connectivity index (χ3n) is 5.49. The van der Waals surface area contributed by atoms with Gasteiger partial charge in [-0.1, -0.05) is 43.7 Å². The first-order valence-corrected chi connectivity index (χ1v) is 11.3. The van der Waals surface area contributed by atoms with Crippen LogP contribution >= 0.6 is 11.3 Å². The first-order chi connectivity index (χ1) is 15.3. The van der Waals surface area contributed by atoms with E-state index < -0.39 is 5.69 Å². The first kappa shape index (κ1) is 21.8. The topological polar surface area (TPSA) is 73.1 Å². The van der Waals surface area contributed by atoms with Gasteiger partial charge in [0.05, 0.1) is 11.2 Å². The smallest absolute Gasteiger partial charge is 0.325 e. The van der Waals surface area contributed by atoms with Crippen LogP contribution in [0.2, 0.25) is 0 Å². The summed E-state index contributed by atoms with van der Waals surface area (Å²) in [7, 11) is 0. The summed E-state index contributed by atoms with van der Waals surface area (Å²) in [6.45, 7) is 7.81. The maximum atomic E-state index is 13.4. The molecule has 4 aromatic rings. The second-order valence-electron chi connectivity index (χ2n) is 8.26. The zero-order valence-electron chi connectivity index (χ0n) is 18.5. The Labute approximate surface area is 189 Å². The van der Waals surface area contributed by atoms with Crippen LogP contribution in [0, 0.1) is 13.8 Å². The Morgan fingerprint density at radius 2 is 1.84 bits per heavy atom. The highest BCUT2D eigenvalue weighted by molar-refractivity contribution is 7.17. The van der Waals surface area contributed by atoms with Crippen molar-refractivity contribution >= 4 is 33.1 Å². The average Bonchev–Trinajstić information content (AvgIpc) is 3.23. The molecule has 2 aromatic carbocycles. The molecule has 0 unspecified atom stereocenters. The Hall–Kier alpha value is -3.45. The molecule has 1 amide bonds. The van der Waals surface area contributed by atoms with Crippen LogP contribution in [0.4, 0.5) is 5.69 Å². The fraction of sp³-hybridized carbons (Fsp3) is 0.240. The number of amides is 1. The van der Waals surface area contributed by atoms with Gasteiger partial charge in [0.1, 0.15) is 11.2 Å². The Bertz CT molecular complexity index is 1440. The summed E-state index contributed by atoms with van der Waals surface area (Å²) in [6, 6.07) is 14.9. The minimum atomic E-state index is -0.529. The van der Waals surface area contributed by atoms with Crippen molar-refractivity contribution in [3.05, 3.63) is 91.4 Å². The average molecular weight is 448 g/mol. The van der Waals surface area contributed by atoms with E-state index in [4.69, 9.17) is 0 Å². The summed E-state index contributed by atoms with van der Waals surface area (Å²) in [5.41, 5.74) is 3.76. The van der Waals surface area contributed by atoms with Crippen LogP contribution in [0.25, 0.3) is 15.9 Å². The minimum Gasteiger partial charge on any atom is -0.325 e. The Kier molecular flexibility index (Phi) is 5.84. The van der Waals surface area contributed by atoms with Gasteiger partial charge in [0.25, 0.3) is 5.56 Å². The number of thiophene rings is 1. The van der Waals surface area contributed by atoms with Crippen LogP contribution in [0.15, 0.2) is 63.5 Å². The van der Waals surface area contributed by atoms with Crippen LogP contribution in [-0.2, 0) is 11.3 Å². The maximum absolute atomic E-state index is 13.4. The number of anilines is 1. The van der Waals surface area contributed by atoms with Crippen molar-refractivity contribution in [1.29, 1.82) is 0 Å². The number of hydrogen-bond acceptors (Lipinski definition) is 4. The number of carbonyl (C=O) groups excluding carboxylic acids is 1. The van der Waals surface area contributed by atoms with Gasteiger partial charge in [-0.25, -0.2) is 9.36 Å². The Morgan fingerprint density at radius 3 is 2.56 bits per heavy atom. The molecule has 6 nitrogen and oxygen atoms in total. The SMILES string of the molecule is Cc1ccc(-n2c(=O)c3sccc3n(CC(=O)Nc3cccc(C(C)C)c3)c2=O)c(C)c1. The third kappa shape index (κ3) is 4.03. The van der Waals surface area contributed by atoms with Crippen molar-refractivity contribution < 1.29 is 4.79 Å². The lowest BCUT2D eigenvalue weighted by molar-refractivity contribution is -0.116. The largest absolute Gasteiger partial charge is 0.336 e. The van der Waals surface area contributed by atoms with Crippen molar-refractivity contribution in [1.82, 2.24) is 9.13 Å². The number of fused-ring (bicyclic) bond motifs is 1. The summed E-state index contributed by atoms with van der Waals surface area (Å²) < 4.78 is 2.98. The number of aromatic nitrogens is 2. The van der Waals surface area contributed by atoms with Crippen molar-refractivity contribution in [2.75, 3.05) is 5.32 Å². The van der Waals surface area contributed by atoms with Crippen LogP contribution in [-0.4, -0.2) is 15.0 Å². The van der Waals surface area contributed by atoms with Gasteiger partial charge >= 0.3 is 5.69 Å². The van der Waals surface area contributed by atoms with Crippen LogP contribution in [0.3, 0.4) is 0 Å². The monoisotopic (exact) mass is 447 g/mol. The van der Waals surface area contributed by atoms with Crippen molar-refractivity contribution in [3.8, 4) is 5.69 Å². The van der Waals surface area contributed by atoms with Gasteiger partial charge in [0.2, 0.25) is 5.91 Å². The number of carbonyl (C=O) groups is 1. The van der Waals surface area contributed by atoms with E-state index in [1.165, 1.54) is 20.5 Å². The van der Waals surface area contributed by atoms with Gasteiger partial charge in [-0.05, 0) is 60.5 Å². The van der Waals surface area contributed by atoms with Crippen LogP contribution in [0.5, 0.6) is 0 Å². The number of benzene rings is 2. The molecule has 0 aliphatic carbocycles. The molecule has 0 aliphatic heterocycles. The molecule has 0 radical (unpaired) electrons. The van der Waals surface area contributed by atoms with E-state index in [-0.39, 0.29) is 18.0 Å². The molecule has 32 heavy (non-hydrogen) atoms. The van der Waals surface area contributed by atoms with E-state index in [2.05, 4.69) is 19.2 Å². The fourth-order valence-corrected chi connectivity index (χ4v) is 4.65. The van der Waals surface area contributed by atoms with Gasteiger partial charge in [0, 0.05) is 5.69 Å². The van der Waals surface area contributed by atoms with Gasteiger partial charge in [0.15, 0.2) is 0 Å². The molecular formula is C25H25N3O3S. The van der Waals surface area contributed by atoms with Gasteiger partial charge < -0.3 is 5.32 Å². The minimum absolute atomic E-state index is 0.191. The van der Waals surface area contributed by atoms with Gasteiger partial charge in [-0.15, -0.1) is 11.3 Å². The fourth-order valence-electron chi connectivity index (χ4n) is 3.83. The molecule has 2 heterocycles. The van der Waals surface area contributed by atoms with E-state index in [1.54, 1.807) is 17.5 Å². The highest BCUT2D eigenvalue weighted by Gasteiger charge is 2.18. The van der Waals surface area contributed by atoms with Crippen molar-refractivity contribution in [2.24, 2.45) is 0 Å². The zero-order valence-corrected chi connectivity index (χ0v) is 19.3. The highest BCUT2D eigenvalue weighted by atomic mass is 32.1. The summed E-state index contributed by atoms with van der Waals surface area (Å²) in [4.78, 5) is 39.4. The molecule has 0 aliphatic rings. The number of rotatable bonds is 5. The molecule has 0 atom stereocenters. The van der Waals surface area contributed by atoms with Crippen molar-refractivity contribution in [2.45, 2.75) is 40.2 Å². The third-order valence-corrected chi connectivity index (χ3v) is 6.38. The Balaban J connectivity index is 1.77. The predicted octanol–water partition coefficient (Wildman–Crippen LogP) is 4.59. The van der Waals surface area contributed by atoms with E-state index in [0.717, 1.165) is 16.7 Å². The molecule has 0 bridgehead atoms. The number of nitrogens with zero attached hydrogens (tertiary/aromatic N) is 2. The zero-order chi connectivity index (χ0) is 23.0. The lowest BCUT2D eigenvalue weighted by atomic mass is 10.0. The molecule has 0 fully saturated rings. The quantitative estimate of drug-likeness (QED) is 0.486. The highest BCUT2D eigenvalue weighted by Crippen LogP contribution is 2.20. The van der Waals surface area contributed by atoms with Gasteiger partial charge in [-0.2, -0.15) is 0 Å². The van der Waals surface area contributed by atoms with E-state index >= 15 is 0 Å². The second kappa shape index (κ2) is 8.59. The molecular weight excluding hydrogens is 422 g/mol. The molecule has 1 N–H and O–H groups in total. The summed E-state index contributed by atoms with van der Waals surface area (Å²) in [5.74, 6) is 0.00698. The summed E-state index contributed by atoms with van der Waals surface area (Å²) in [5, 5.41) is 4.64. The van der Waals surface area contributed by atoms with E-state index in [0.29, 0.717) is 27.5 Å². The van der Waals surface area contributed by atoms with Crippen LogP contribution in [0.1, 0.15) is 36.5 Å². The number of aryl methyl sites for hydroxylation is 2. The van der Waals surface area contributed by atoms with Crippen LogP contribution < -0.4 is 16.6 Å². The lowest BCUT2D eigenvalue weighted by Gasteiger charge is -2.14. The standard InChI is InChI=1S/C25H25N3O3S/c1-15(2)18-6-5-7-19(13-18)26-22(29)14-27-21-10-11-32-23(21)24(30)28(25(27)31)20-9-8-16(3)12-17(20)4/h5-13,15H,14H2,1-4H3,(H,26,29). The van der Waals surface area contributed by atoms with Gasteiger partial charge in [-0.3, -0.25) is 14.2 Å².